The number of hydrogen-bond acceptors (Lipinski definition) is 3. The summed E-state index contributed by atoms with van der Waals surface area (Å²) in [5, 5.41) is 8.71. The fraction of sp³-hybridized carbons (Fsp3) is 0.533. The van der Waals surface area contributed by atoms with Crippen LogP contribution in [0, 0.1) is 18.8 Å². The quantitative estimate of drug-likeness (QED) is 0.862. The minimum Gasteiger partial charge on any atom is -0.395 e. The zero-order valence-electron chi connectivity index (χ0n) is 11.4. The van der Waals surface area contributed by atoms with E-state index in [0.717, 1.165) is 28.2 Å². The normalized spacial score (nSPS) is 14.5. The number of carbonyl (C=O) groups is 1. The summed E-state index contributed by atoms with van der Waals surface area (Å²) in [6.45, 7) is 2.05. The lowest BCUT2D eigenvalue weighted by atomic mass is 9.92. The Kier molecular flexibility index (Phi) is 4.62. The Bertz CT molecular complexity index is 520. The maximum Gasteiger partial charge on any atom is 0.263 e. The van der Waals surface area contributed by atoms with Gasteiger partial charge in [-0.05, 0) is 37.8 Å². The monoisotopic (exact) mass is 277 g/mol. The van der Waals surface area contributed by atoms with Gasteiger partial charge in [-0.1, -0.05) is 11.8 Å². The summed E-state index contributed by atoms with van der Waals surface area (Å²) in [5.41, 5.74) is 1.04. The molecule has 0 radical (unpaired) electrons. The van der Waals surface area contributed by atoms with Crippen molar-refractivity contribution in [2.45, 2.75) is 38.6 Å². The van der Waals surface area contributed by atoms with Crippen molar-refractivity contribution in [3.05, 3.63) is 21.4 Å². The zero-order valence-corrected chi connectivity index (χ0v) is 12.2. The van der Waals surface area contributed by atoms with Gasteiger partial charge in [0.05, 0.1) is 16.4 Å². The van der Waals surface area contributed by atoms with Gasteiger partial charge in [0.15, 0.2) is 0 Å². The van der Waals surface area contributed by atoms with E-state index in [0.29, 0.717) is 12.5 Å². The van der Waals surface area contributed by atoms with Crippen LogP contribution in [0.25, 0.3) is 0 Å². The first-order valence-electron chi connectivity index (χ1n) is 6.61. The third-order valence-electron chi connectivity index (χ3n) is 3.51. The molecule has 1 aromatic heterocycles. The van der Waals surface area contributed by atoms with Crippen molar-refractivity contribution >= 4 is 17.2 Å². The largest absolute Gasteiger partial charge is 0.395 e. The van der Waals surface area contributed by atoms with Crippen LogP contribution in [0.3, 0.4) is 0 Å². The highest BCUT2D eigenvalue weighted by molar-refractivity contribution is 7.14. The fourth-order valence-electron chi connectivity index (χ4n) is 2.02. The van der Waals surface area contributed by atoms with Crippen LogP contribution in [-0.4, -0.2) is 35.6 Å². The van der Waals surface area contributed by atoms with E-state index in [-0.39, 0.29) is 12.5 Å². The van der Waals surface area contributed by atoms with E-state index in [4.69, 9.17) is 5.11 Å². The summed E-state index contributed by atoms with van der Waals surface area (Å²) in [6.07, 6.45) is 3.94. The van der Waals surface area contributed by atoms with Crippen molar-refractivity contribution in [1.29, 1.82) is 0 Å². The Hall–Kier alpha value is -1.31. The van der Waals surface area contributed by atoms with E-state index in [9.17, 15) is 4.79 Å². The number of aliphatic hydroxyl groups is 1. The van der Waals surface area contributed by atoms with Gasteiger partial charge in [-0.2, -0.15) is 0 Å². The number of carbonyl (C=O) groups excluding carboxylic acids is 1. The summed E-state index contributed by atoms with van der Waals surface area (Å²) in [5.74, 6) is 6.03. The van der Waals surface area contributed by atoms with Gasteiger partial charge in [0.25, 0.3) is 5.91 Å². The van der Waals surface area contributed by atoms with Crippen molar-refractivity contribution < 1.29 is 9.90 Å². The first kappa shape index (κ1) is 14.1. The number of thiophene rings is 1. The third-order valence-corrected chi connectivity index (χ3v) is 4.65. The van der Waals surface area contributed by atoms with Crippen LogP contribution in [0.15, 0.2) is 6.07 Å². The molecule has 1 aliphatic rings. The number of hydrogen-bond donors (Lipinski definition) is 1. The summed E-state index contributed by atoms with van der Waals surface area (Å²) in [4.78, 5) is 15.9. The lowest BCUT2D eigenvalue weighted by molar-refractivity contribution is 0.0657. The molecule has 1 fully saturated rings. The van der Waals surface area contributed by atoms with Gasteiger partial charge in [-0.25, -0.2) is 0 Å². The molecule has 0 unspecified atom stereocenters. The Balaban J connectivity index is 2.10. The summed E-state index contributed by atoms with van der Waals surface area (Å²) < 4.78 is 0. The van der Waals surface area contributed by atoms with Crippen molar-refractivity contribution in [2.75, 3.05) is 13.7 Å². The van der Waals surface area contributed by atoms with Crippen LogP contribution in [0.4, 0.5) is 0 Å². The molecule has 0 atom stereocenters. The van der Waals surface area contributed by atoms with Crippen LogP contribution in [0.5, 0.6) is 0 Å². The van der Waals surface area contributed by atoms with E-state index in [2.05, 4.69) is 11.8 Å². The second-order valence-corrected chi connectivity index (χ2v) is 5.95. The van der Waals surface area contributed by atoms with E-state index in [1.54, 1.807) is 0 Å². The lowest BCUT2D eigenvalue weighted by Crippen LogP contribution is -2.40. The molecule has 1 aliphatic carbocycles. The lowest BCUT2D eigenvalue weighted by Gasteiger charge is -2.34. The number of nitrogens with zero attached hydrogens (tertiary/aromatic N) is 1. The number of amides is 1. The number of rotatable bonds is 3. The van der Waals surface area contributed by atoms with Crippen LogP contribution >= 0.6 is 11.3 Å². The predicted molar refractivity (Wildman–Crippen MR) is 77.4 cm³/mol. The Labute approximate surface area is 118 Å². The maximum atomic E-state index is 12.3. The SMILES string of the molecule is Cc1cc(C(=O)N(C)C2CCC2)sc1C#CCCO. The third kappa shape index (κ3) is 3.17. The highest BCUT2D eigenvalue weighted by Crippen LogP contribution is 2.27. The Morgan fingerprint density at radius 1 is 1.58 bits per heavy atom. The molecule has 2 rings (SSSR count). The maximum absolute atomic E-state index is 12.3. The highest BCUT2D eigenvalue weighted by atomic mass is 32.1. The molecular weight excluding hydrogens is 258 g/mol. The average molecular weight is 277 g/mol. The molecule has 1 N–H and O–H groups in total. The van der Waals surface area contributed by atoms with Crippen LogP contribution < -0.4 is 0 Å². The Morgan fingerprint density at radius 2 is 2.32 bits per heavy atom. The molecule has 0 aromatic carbocycles. The molecular formula is C15H19NO2S. The minimum atomic E-state index is 0.0770. The van der Waals surface area contributed by atoms with Crippen molar-refractivity contribution in [3.8, 4) is 11.8 Å². The smallest absolute Gasteiger partial charge is 0.263 e. The second kappa shape index (κ2) is 6.23. The number of aliphatic hydroxyl groups excluding tert-OH is 1. The van der Waals surface area contributed by atoms with Gasteiger partial charge in [0.2, 0.25) is 0 Å². The first-order chi connectivity index (χ1) is 9.13. The van der Waals surface area contributed by atoms with Gasteiger partial charge >= 0.3 is 0 Å². The van der Waals surface area contributed by atoms with E-state index in [1.165, 1.54) is 17.8 Å². The summed E-state index contributed by atoms with van der Waals surface area (Å²) in [7, 11) is 1.89. The van der Waals surface area contributed by atoms with Gasteiger partial charge < -0.3 is 10.0 Å². The van der Waals surface area contributed by atoms with Crippen molar-refractivity contribution in [3.63, 3.8) is 0 Å². The second-order valence-electron chi connectivity index (χ2n) is 4.90. The molecule has 1 amide bonds. The number of aryl methyl sites for hydroxylation is 1. The molecule has 0 spiro atoms. The predicted octanol–water partition coefficient (Wildman–Crippen LogP) is 2.41. The minimum absolute atomic E-state index is 0.0770. The van der Waals surface area contributed by atoms with E-state index >= 15 is 0 Å². The molecule has 1 heterocycles. The highest BCUT2D eigenvalue weighted by Gasteiger charge is 2.27. The molecule has 3 nitrogen and oxygen atoms in total. The van der Waals surface area contributed by atoms with Gasteiger partial charge in [0, 0.05) is 19.5 Å². The average Bonchev–Trinajstić information content (AvgIpc) is 2.68. The van der Waals surface area contributed by atoms with Crippen molar-refractivity contribution in [2.24, 2.45) is 0 Å². The van der Waals surface area contributed by atoms with Crippen LogP contribution in [-0.2, 0) is 0 Å². The molecule has 102 valence electrons. The van der Waals surface area contributed by atoms with Crippen LogP contribution in [0.1, 0.15) is 45.8 Å². The molecule has 4 heteroatoms. The van der Waals surface area contributed by atoms with Crippen molar-refractivity contribution in [1.82, 2.24) is 4.90 Å². The first-order valence-corrected chi connectivity index (χ1v) is 7.42. The molecule has 1 aromatic rings. The molecule has 0 bridgehead atoms. The zero-order chi connectivity index (χ0) is 13.8. The fourth-order valence-corrected chi connectivity index (χ4v) is 3.05. The van der Waals surface area contributed by atoms with E-state index < -0.39 is 0 Å². The summed E-state index contributed by atoms with van der Waals surface area (Å²) in [6, 6.07) is 2.34. The van der Waals surface area contributed by atoms with Crippen LogP contribution in [0.2, 0.25) is 0 Å². The molecule has 19 heavy (non-hydrogen) atoms. The molecule has 0 aliphatic heterocycles. The standard InChI is InChI=1S/C15H19NO2S/c1-11-10-14(19-13(11)8-3-4-9-17)15(18)16(2)12-6-5-7-12/h10,12,17H,4-7,9H2,1-2H3. The van der Waals surface area contributed by atoms with E-state index in [1.807, 2.05) is 24.9 Å². The van der Waals surface area contributed by atoms with Gasteiger partial charge in [0.1, 0.15) is 0 Å². The molecule has 1 saturated carbocycles. The van der Waals surface area contributed by atoms with Gasteiger partial charge in [-0.3, -0.25) is 4.79 Å². The molecule has 0 saturated heterocycles. The van der Waals surface area contributed by atoms with Gasteiger partial charge in [-0.15, -0.1) is 11.3 Å². The Morgan fingerprint density at radius 3 is 2.89 bits per heavy atom. The topological polar surface area (TPSA) is 40.5 Å². The summed E-state index contributed by atoms with van der Waals surface area (Å²) >= 11 is 1.45.